The first kappa shape index (κ1) is 15.5. The second-order valence-corrected chi connectivity index (χ2v) is 6.66. The molecule has 0 amide bonds. The fourth-order valence-electron chi connectivity index (χ4n) is 3.66. The molecule has 0 aromatic heterocycles. The van der Waals surface area contributed by atoms with Crippen molar-refractivity contribution in [2.75, 3.05) is 0 Å². The molecule has 0 heterocycles. The van der Waals surface area contributed by atoms with Crippen LogP contribution < -0.4 is 0 Å². The van der Waals surface area contributed by atoms with Crippen molar-refractivity contribution in [1.29, 1.82) is 0 Å². The molecule has 0 fully saturated rings. The highest BCUT2D eigenvalue weighted by atomic mass is 16.3. The van der Waals surface area contributed by atoms with Gasteiger partial charge in [0, 0.05) is 17.5 Å². The van der Waals surface area contributed by atoms with Gasteiger partial charge in [0.05, 0.1) is 0 Å². The molecule has 0 aliphatic carbocycles. The van der Waals surface area contributed by atoms with Crippen LogP contribution in [-0.2, 0) is 6.42 Å². The Morgan fingerprint density at radius 1 is 0.640 bits per heavy atom. The van der Waals surface area contributed by atoms with Crippen molar-refractivity contribution in [3.05, 3.63) is 82.9 Å². The van der Waals surface area contributed by atoms with Crippen LogP contribution in [0, 0.1) is 13.8 Å². The van der Waals surface area contributed by atoms with Gasteiger partial charge in [-0.3, -0.25) is 0 Å². The molecule has 0 atom stereocenters. The van der Waals surface area contributed by atoms with Gasteiger partial charge in [0.2, 0.25) is 0 Å². The number of hydrogen-bond donors (Lipinski definition) is 2. The number of phenolic OH excluding ortho intramolecular Hbond substituents is 2. The Bertz CT molecular complexity index is 1020. The van der Waals surface area contributed by atoms with E-state index in [-0.39, 0.29) is 0 Å². The zero-order chi connectivity index (χ0) is 17.6. The molecule has 0 saturated carbocycles. The third-order valence-corrected chi connectivity index (χ3v) is 4.99. The average molecular weight is 328 g/mol. The zero-order valence-corrected chi connectivity index (χ0v) is 14.4. The molecule has 124 valence electrons. The minimum Gasteiger partial charge on any atom is -0.507 e. The van der Waals surface area contributed by atoms with Crippen LogP contribution in [-0.4, -0.2) is 10.2 Å². The van der Waals surface area contributed by atoms with E-state index in [2.05, 4.69) is 12.1 Å². The van der Waals surface area contributed by atoms with Gasteiger partial charge in [-0.15, -0.1) is 0 Å². The second-order valence-electron chi connectivity index (χ2n) is 6.66. The standard InChI is InChI=1S/C23H20O2/c1-14-11-16-7-3-5-9-18(16)20(22(14)24)13-21-19-10-6-4-8-17(19)12-15(2)23(21)25/h3-12,24-25H,13H2,1-2H3. The molecule has 0 saturated heterocycles. The van der Waals surface area contributed by atoms with E-state index in [1.807, 2.05) is 62.4 Å². The van der Waals surface area contributed by atoms with Crippen molar-refractivity contribution in [1.82, 2.24) is 0 Å². The number of aryl methyl sites for hydroxylation is 2. The molecule has 0 spiro atoms. The van der Waals surface area contributed by atoms with Crippen LogP contribution >= 0.6 is 0 Å². The highest BCUT2D eigenvalue weighted by molar-refractivity contribution is 5.92. The van der Waals surface area contributed by atoms with Gasteiger partial charge in [0.15, 0.2) is 0 Å². The second kappa shape index (κ2) is 5.82. The highest BCUT2D eigenvalue weighted by Crippen LogP contribution is 2.38. The van der Waals surface area contributed by atoms with Crippen molar-refractivity contribution in [2.24, 2.45) is 0 Å². The van der Waals surface area contributed by atoms with Crippen LogP contribution in [0.5, 0.6) is 11.5 Å². The molecule has 25 heavy (non-hydrogen) atoms. The molecule has 0 radical (unpaired) electrons. The summed E-state index contributed by atoms with van der Waals surface area (Å²) in [6.07, 6.45) is 0.488. The first-order valence-corrected chi connectivity index (χ1v) is 8.46. The molecule has 2 N–H and O–H groups in total. The number of fused-ring (bicyclic) bond motifs is 2. The van der Waals surface area contributed by atoms with E-state index in [9.17, 15) is 10.2 Å². The van der Waals surface area contributed by atoms with Crippen molar-refractivity contribution >= 4 is 21.5 Å². The first-order valence-electron chi connectivity index (χ1n) is 8.46. The minimum atomic E-state index is 0.309. The Kier molecular flexibility index (Phi) is 3.61. The Labute approximate surface area is 147 Å². The smallest absolute Gasteiger partial charge is 0.122 e. The van der Waals surface area contributed by atoms with Gasteiger partial charge in [-0.05, 0) is 58.7 Å². The maximum Gasteiger partial charge on any atom is 0.122 e. The van der Waals surface area contributed by atoms with Gasteiger partial charge >= 0.3 is 0 Å². The van der Waals surface area contributed by atoms with E-state index in [1.54, 1.807) is 0 Å². The number of rotatable bonds is 2. The Balaban J connectivity index is 2.01. The lowest BCUT2D eigenvalue weighted by Gasteiger charge is -2.16. The predicted molar refractivity (Wildman–Crippen MR) is 104 cm³/mol. The number of phenols is 2. The largest absolute Gasteiger partial charge is 0.507 e. The fourth-order valence-corrected chi connectivity index (χ4v) is 3.66. The molecular weight excluding hydrogens is 308 g/mol. The first-order chi connectivity index (χ1) is 12.1. The van der Waals surface area contributed by atoms with Crippen LogP contribution in [0.25, 0.3) is 21.5 Å². The quantitative estimate of drug-likeness (QED) is 0.502. The summed E-state index contributed by atoms with van der Waals surface area (Å²) in [4.78, 5) is 0. The fraction of sp³-hybridized carbons (Fsp3) is 0.130. The Hall–Kier alpha value is -3.00. The topological polar surface area (TPSA) is 40.5 Å². The normalized spacial score (nSPS) is 11.3. The van der Waals surface area contributed by atoms with Gasteiger partial charge in [0.1, 0.15) is 11.5 Å². The monoisotopic (exact) mass is 328 g/mol. The summed E-state index contributed by atoms with van der Waals surface area (Å²) >= 11 is 0. The SMILES string of the molecule is Cc1cc2ccccc2c(Cc2c(O)c(C)cc3ccccc23)c1O. The summed E-state index contributed by atoms with van der Waals surface area (Å²) in [6, 6.07) is 20.1. The zero-order valence-electron chi connectivity index (χ0n) is 14.4. The van der Waals surface area contributed by atoms with E-state index in [4.69, 9.17) is 0 Å². The minimum absolute atomic E-state index is 0.309. The van der Waals surface area contributed by atoms with Gasteiger partial charge in [-0.1, -0.05) is 48.5 Å². The van der Waals surface area contributed by atoms with Crippen molar-refractivity contribution in [2.45, 2.75) is 20.3 Å². The van der Waals surface area contributed by atoms with Crippen LogP contribution in [0.15, 0.2) is 60.7 Å². The van der Waals surface area contributed by atoms with E-state index in [0.717, 1.165) is 43.8 Å². The molecule has 2 nitrogen and oxygen atoms in total. The molecule has 4 aromatic carbocycles. The van der Waals surface area contributed by atoms with E-state index in [1.165, 1.54) is 0 Å². The molecule has 0 bridgehead atoms. The lowest BCUT2D eigenvalue weighted by molar-refractivity contribution is 0.460. The number of benzene rings is 4. The third kappa shape index (κ3) is 2.51. The summed E-state index contributed by atoms with van der Waals surface area (Å²) in [5.41, 5.74) is 3.43. The summed E-state index contributed by atoms with van der Waals surface area (Å²) in [5.74, 6) is 0.618. The van der Waals surface area contributed by atoms with Crippen molar-refractivity contribution in [3.63, 3.8) is 0 Å². The highest BCUT2D eigenvalue weighted by Gasteiger charge is 2.16. The molecule has 4 aromatic rings. The van der Waals surface area contributed by atoms with Crippen molar-refractivity contribution in [3.8, 4) is 11.5 Å². The Morgan fingerprint density at radius 3 is 1.48 bits per heavy atom. The van der Waals surface area contributed by atoms with Crippen LogP contribution in [0.3, 0.4) is 0 Å². The predicted octanol–water partition coefficient (Wildman–Crippen LogP) is 5.61. The molecular formula is C23H20O2. The molecule has 0 unspecified atom stereocenters. The lowest BCUT2D eigenvalue weighted by Crippen LogP contribution is -1.96. The van der Waals surface area contributed by atoms with E-state index in [0.29, 0.717) is 17.9 Å². The molecule has 2 heteroatoms. The van der Waals surface area contributed by atoms with Crippen LogP contribution in [0.4, 0.5) is 0 Å². The third-order valence-electron chi connectivity index (χ3n) is 4.99. The van der Waals surface area contributed by atoms with Crippen molar-refractivity contribution < 1.29 is 10.2 Å². The summed E-state index contributed by atoms with van der Waals surface area (Å²) in [6.45, 7) is 3.83. The van der Waals surface area contributed by atoms with Crippen LogP contribution in [0.2, 0.25) is 0 Å². The maximum atomic E-state index is 10.7. The van der Waals surface area contributed by atoms with Gasteiger partial charge in [0.25, 0.3) is 0 Å². The van der Waals surface area contributed by atoms with Gasteiger partial charge in [-0.2, -0.15) is 0 Å². The average Bonchev–Trinajstić information content (AvgIpc) is 2.62. The molecule has 0 aliphatic rings. The van der Waals surface area contributed by atoms with Gasteiger partial charge in [-0.25, -0.2) is 0 Å². The summed E-state index contributed by atoms with van der Waals surface area (Å²) in [5, 5.41) is 25.7. The molecule has 0 aliphatic heterocycles. The Morgan fingerprint density at radius 2 is 1.04 bits per heavy atom. The van der Waals surface area contributed by atoms with Crippen LogP contribution in [0.1, 0.15) is 22.3 Å². The lowest BCUT2D eigenvalue weighted by atomic mass is 9.91. The number of hydrogen-bond acceptors (Lipinski definition) is 2. The summed E-state index contributed by atoms with van der Waals surface area (Å²) < 4.78 is 0. The van der Waals surface area contributed by atoms with E-state index < -0.39 is 0 Å². The number of aromatic hydroxyl groups is 2. The molecule has 4 rings (SSSR count). The van der Waals surface area contributed by atoms with E-state index >= 15 is 0 Å². The maximum absolute atomic E-state index is 10.7. The van der Waals surface area contributed by atoms with Gasteiger partial charge < -0.3 is 10.2 Å². The summed E-state index contributed by atoms with van der Waals surface area (Å²) in [7, 11) is 0.